The maximum absolute atomic E-state index is 11.8. The van der Waals surface area contributed by atoms with Gasteiger partial charge in [-0.25, -0.2) is 4.79 Å². The number of carbonyl (C=O) groups is 1. The van der Waals surface area contributed by atoms with Gasteiger partial charge in [-0.05, 0) is 51.5 Å². The molecule has 0 saturated carbocycles. The predicted molar refractivity (Wildman–Crippen MR) is 87.4 cm³/mol. The maximum Gasteiger partial charge on any atom is 0.407 e. The Morgan fingerprint density at radius 3 is 2.73 bits per heavy atom. The van der Waals surface area contributed by atoms with Crippen LogP contribution in [0.25, 0.3) is 10.9 Å². The average molecular weight is 304 g/mol. The van der Waals surface area contributed by atoms with Crippen LogP contribution >= 0.6 is 0 Å². The van der Waals surface area contributed by atoms with Crippen molar-refractivity contribution in [1.82, 2.24) is 10.3 Å². The fourth-order valence-corrected chi connectivity index (χ4v) is 2.32. The zero-order chi connectivity index (χ0) is 16.3. The lowest BCUT2D eigenvalue weighted by Gasteiger charge is -2.22. The topological polar surface area (TPSA) is 63.4 Å². The van der Waals surface area contributed by atoms with E-state index in [-0.39, 0.29) is 11.6 Å². The molecule has 2 N–H and O–H groups in total. The number of methoxy groups -OCH3 is 1. The van der Waals surface area contributed by atoms with Gasteiger partial charge in [-0.2, -0.15) is 0 Å². The first kappa shape index (κ1) is 16.2. The van der Waals surface area contributed by atoms with Crippen LogP contribution in [0.4, 0.5) is 4.79 Å². The van der Waals surface area contributed by atoms with Crippen molar-refractivity contribution in [1.29, 1.82) is 0 Å². The Kier molecular flexibility index (Phi) is 4.64. The molecule has 0 radical (unpaired) electrons. The molecule has 5 nitrogen and oxygen atoms in total. The van der Waals surface area contributed by atoms with E-state index < -0.39 is 6.09 Å². The Labute approximate surface area is 131 Å². The second-order valence-electron chi connectivity index (χ2n) is 6.52. The Hall–Kier alpha value is -2.17. The molecule has 1 aromatic carbocycles. The van der Waals surface area contributed by atoms with Gasteiger partial charge in [0.2, 0.25) is 0 Å². The molecule has 1 aromatic heterocycles. The first-order chi connectivity index (χ1) is 10.3. The molecule has 0 unspecified atom stereocenters. The van der Waals surface area contributed by atoms with E-state index in [0.29, 0.717) is 6.42 Å². The van der Waals surface area contributed by atoms with Crippen molar-refractivity contribution in [3.8, 4) is 5.75 Å². The van der Waals surface area contributed by atoms with Gasteiger partial charge in [0.1, 0.15) is 11.9 Å². The van der Waals surface area contributed by atoms with Gasteiger partial charge < -0.3 is 19.8 Å². The standard InChI is InChI=1S/C17H24N2O3/c1-11(22-16(20)19-17(2,3)4)8-12-10-18-15-7-6-13(21-5)9-14(12)15/h6-7,9-11,18H,8H2,1-5H3,(H,19,20)/t11-/m0/s1. The van der Waals surface area contributed by atoms with Gasteiger partial charge in [-0.3, -0.25) is 0 Å². The molecular formula is C17H24N2O3. The van der Waals surface area contributed by atoms with Gasteiger partial charge in [0.15, 0.2) is 0 Å². The molecule has 0 bridgehead atoms. The fourth-order valence-electron chi connectivity index (χ4n) is 2.32. The summed E-state index contributed by atoms with van der Waals surface area (Å²) >= 11 is 0. The van der Waals surface area contributed by atoms with Crippen LogP contribution in [-0.2, 0) is 11.2 Å². The summed E-state index contributed by atoms with van der Waals surface area (Å²) < 4.78 is 10.7. The van der Waals surface area contributed by atoms with Crippen LogP contribution in [0.3, 0.4) is 0 Å². The van der Waals surface area contributed by atoms with E-state index in [4.69, 9.17) is 9.47 Å². The number of hydrogen-bond donors (Lipinski definition) is 2. The van der Waals surface area contributed by atoms with E-state index in [9.17, 15) is 4.79 Å². The number of carbonyl (C=O) groups excluding carboxylic acids is 1. The van der Waals surface area contributed by atoms with Crippen molar-refractivity contribution < 1.29 is 14.3 Å². The number of amides is 1. The summed E-state index contributed by atoms with van der Waals surface area (Å²) in [6, 6.07) is 5.89. The zero-order valence-corrected chi connectivity index (χ0v) is 13.8. The minimum absolute atomic E-state index is 0.215. The van der Waals surface area contributed by atoms with E-state index in [0.717, 1.165) is 22.2 Å². The van der Waals surface area contributed by atoms with Crippen LogP contribution in [0.1, 0.15) is 33.3 Å². The smallest absolute Gasteiger partial charge is 0.407 e. The number of nitrogens with one attached hydrogen (secondary N) is 2. The van der Waals surface area contributed by atoms with E-state index in [1.165, 1.54) is 0 Å². The minimum atomic E-state index is -0.391. The molecule has 0 spiro atoms. The summed E-state index contributed by atoms with van der Waals surface area (Å²) in [5.74, 6) is 0.812. The van der Waals surface area contributed by atoms with Gasteiger partial charge in [-0.1, -0.05) is 0 Å². The highest BCUT2D eigenvalue weighted by molar-refractivity contribution is 5.84. The van der Waals surface area contributed by atoms with Gasteiger partial charge in [-0.15, -0.1) is 0 Å². The lowest BCUT2D eigenvalue weighted by molar-refractivity contribution is 0.100. The number of aromatic amines is 1. The molecule has 0 fully saturated rings. The zero-order valence-electron chi connectivity index (χ0n) is 13.8. The second kappa shape index (κ2) is 6.30. The van der Waals surface area contributed by atoms with E-state index in [1.807, 2.05) is 52.1 Å². The highest BCUT2D eigenvalue weighted by Gasteiger charge is 2.18. The monoisotopic (exact) mass is 304 g/mol. The van der Waals surface area contributed by atoms with Crippen molar-refractivity contribution in [2.75, 3.05) is 7.11 Å². The fraction of sp³-hybridized carbons (Fsp3) is 0.471. The SMILES string of the molecule is COc1ccc2[nH]cc(C[C@H](C)OC(=O)NC(C)(C)C)c2c1. The second-order valence-corrected chi connectivity index (χ2v) is 6.52. The summed E-state index contributed by atoms with van der Waals surface area (Å²) in [5.41, 5.74) is 1.84. The predicted octanol–water partition coefficient (Wildman–Crippen LogP) is 3.63. The number of ether oxygens (including phenoxy) is 2. The number of alkyl carbamates (subject to hydrolysis) is 1. The molecule has 0 aliphatic carbocycles. The quantitative estimate of drug-likeness (QED) is 0.906. The number of fused-ring (bicyclic) bond motifs is 1. The van der Waals surface area contributed by atoms with Crippen LogP contribution in [-0.4, -0.2) is 29.8 Å². The molecule has 0 saturated heterocycles. The van der Waals surface area contributed by atoms with E-state index in [2.05, 4.69) is 10.3 Å². The van der Waals surface area contributed by atoms with Crippen LogP contribution in [0.15, 0.2) is 24.4 Å². The third kappa shape index (κ3) is 4.16. The van der Waals surface area contributed by atoms with Gasteiger partial charge in [0.05, 0.1) is 7.11 Å². The van der Waals surface area contributed by atoms with Crippen LogP contribution in [0.5, 0.6) is 5.75 Å². The van der Waals surface area contributed by atoms with Crippen LogP contribution in [0.2, 0.25) is 0 Å². The van der Waals surface area contributed by atoms with Crippen molar-refractivity contribution in [2.24, 2.45) is 0 Å². The highest BCUT2D eigenvalue weighted by Crippen LogP contribution is 2.24. The molecule has 0 aliphatic rings. The third-order valence-electron chi connectivity index (χ3n) is 3.27. The number of rotatable bonds is 4. The molecule has 22 heavy (non-hydrogen) atoms. The van der Waals surface area contributed by atoms with Crippen molar-refractivity contribution in [3.05, 3.63) is 30.0 Å². The molecule has 1 atom stereocenters. The Balaban J connectivity index is 2.05. The van der Waals surface area contributed by atoms with Gasteiger partial charge in [0.25, 0.3) is 0 Å². The summed E-state index contributed by atoms with van der Waals surface area (Å²) in [6.45, 7) is 7.65. The number of H-pyrrole nitrogens is 1. The molecule has 0 aliphatic heterocycles. The summed E-state index contributed by atoms with van der Waals surface area (Å²) in [7, 11) is 1.65. The van der Waals surface area contributed by atoms with Crippen molar-refractivity contribution in [2.45, 2.75) is 45.8 Å². The minimum Gasteiger partial charge on any atom is -0.497 e. The Bertz CT molecular complexity index is 655. The normalized spacial score (nSPS) is 13.0. The first-order valence-electron chi connectivity index (χ1n) is 7.41. The number of hydrogen-bond acceptors (Lipinski definition) is 3. The average Bonchev–Trinajstić information content (AvgIpc) is 2.78. The molecule has 2 rings (SSSR count). The van der Waals surface area contributed by atoms with Crippen LogP contribution in [0, 0.1) is 0 Å². The van der Waals surface area contributed by atoms with E-state index >= 15 is 0 Å². The summed E-state index contributed by atoms with van der Waals surface area (Å²) in [6.07, 6.45) is 1.99. The molecule has 1 heterocycles. The molecule has 1 amide bonds. The third-order valence-corrected chi connectivity index (χ3v) is 3.27. The lowest BCUT2D eigenvalue weighted by Crippen LogP contribution is -2.42. The van der Waals surface area contributed by atoms with E-state index in [1.54, 1.807) is 7.11 Å². The highest BCUT2D eigenvalue weighted by atomic mass is 16.6. The summed E-state index contributed by atoms with van der Waals surface area (Å²) in [4.78, 5) is 15.0. The van der Waals surface area contributed by atoms with Crippen molar-refractivity contribution >= 4 is 17.0 Å². The van der Waals surface area contributed by atoms with Gasteiger partial charge >= 0.3 is 6.09 Å². The van der Waals surface area contributed by atoms with Gasteiger partial charge in [0, 0.05) is 29.1 Å². The van der Waals surface area contributed by atoms with Crippen LogP contribution < -0.4 is 10.1 Å². The lowest BCUT2D eigenvalue weighted by atomic mass is 10.1. The molecule has 120 valence electrons. The molecule has 2 aromatic rings. The Morgan fingerprint density at radius 1 is 1.36 bits per heavy atom. The molecular weight excluding hydrogens is 280 g/mol. The molecule has 5 heteroatoms. The maximum atomic E-state index is 11.8. The Morgan fingerprint density at radius 2 is 2.09 bits per heavy atom. The number of aromatic nitrogens is 1. The number of benzene rings is 1. The van der Waals surface area contributed by atoms with Crippen molar-refractivity contribution in [3.63, 3.8) is 0 Å². The first-order valence-corrected chi connectivity index (χ1v) is 7.41. The largest absolute Gasteiger partial charge is 0.497 e. The summed E-state index contributed by atoms with van der Waals surface area (Å²) in [5, 5.41) is 3.89.